The Labute approximate surface area is 297 Å². The Hall–Kier alpha value is -4.58. The zero-order valence-electron chi connectivity index (χ0n) is 29.6. The summed E-state index contributed by atoms with van der Waals surface area (Å²) in [5.74, 6) is -1.55. The first-order valence-electron chi connectivity index (χ1n) is 17.4. The molecule has 1 heterocycles. The third kappa shape index (κ3) is 8.84. The van der Waals surface area contributed by atoms with Crippen LogP contribution in [0.3, 0.4) is 0 Å². The number of halogens is 3. The minimum Gasteiger partial charge on any atom is -0.473 e. The number of methoxy groups -OCH3 is 1. The van der Waals surface area contributed by atoms with Crippen LogP contribution in [0.5, 0.6) is 5.75 Å². The molecule has 5 rings (SSSR count). The monoisotopic (exact) mass is 709 g/mol. The summed E-state index contributed by atoms with van der Waals surface area (Å²) in [5, 5.41) is 0. The molecule has 3 aromatic carbocycles. The standard InChI is InChI=1S/C39H46F3N3O6/c1-27(2)45(30-18-12-7-13-19-30)35(46)31-22-33-34(23-32(31)39(40,41)42)51-38(3,26-49-4)36(47)44(33)21-20-43(24-28-14-8-5-9-15-28)37(48)50-25-29-16-10-6-11-17-29/h5-6,8-11,14-17,22-23,27,30H,7,12-13,18-21,24-26H2,1-4H3. The second-order valence-corrected chi connectivity index (χ2v) is 13.6. The van der Waals surface area contributed by atoms with Crippen LogP contribution in [0.2, 0.25) is 0 Å². The quantitative estimate of drug-likeness (QED) is 0.190. The highest BCUT2D eigenvalue weighted by atomic mass is 19.4. The number of anilines is 1. The van der Waals surface area contributed by atoms with Gasteiger partial charge in [0.15, 0.2) is 0 Å². The van der Waals surface area contributed by atoms with Crippen molar-refractivity contribution in [2.45, 2.75) is 89.9 Å². The van der Waals surface area contributed by atoms with Gasteiger partial charge in [0.2, 0.25) is 5.60 Å². The number of alkyl halides is 3. The van der Waals surface area contributed by atoms with E-state index >= 15 is 0 Å². The summed E-state index contributed by atoms with van der Waals surface area (Å²) in [5.41, 5.74) is -1.77. The molecular weight excluding hydrogens is 663 g/mol. The van der Waals surface area contributed by atoms with Crippen molar-refractivity contribution in [3.63, 3.8) is 0 Å². The largest absolute Gasteiger partial charge is 0.473 e. The lowest BCUT2D eigenvalue weighted by Gasteiger charge is -2.42. The van der Waals surface area contributed by atoms with E-state index in [4.69, 9.17) is 14.2 Å². The molecular formula is C39H46F3N3O6. The second-order valence-electron chi connectivity index (χ2n) is 13.6. The highest BCUT2D eigenvalue weighted by Crippen LogP contribution is 2.45. The molecule has 0 spiro atoms. The number of rotatable bonds is 12. The number of fused-ring (bicyclic) bond motifs is 1. The lowest BCUT2D eigenvalue weighted by atomic mass is 9.92. The van der Waals surface area contributed by atoms with Gasteiger partial charge in [-0.2, -0.15) is 13.2 Å². The molecule has 0 radical (unpaired) electrons. The second kappa shape index (κ2) is 16.2. The number of hydrogen-bond donors (Lipinski definition) is 0. The Morgan fingerprint density at radius 1 is 0.980 bits per heavy atom. The summed E-state index contributed by atoms with van der Waals surface area (Å²) in [6, 6.07) is 19.8. The van der Waals surface area contributed by atoms with Crippen LogP contribution in [0.15, 0.2) is 72.8 Å². The van der Waals surface area contributed by atoms with Crippen molar-refractivity contribution >= 4 is 23.6 Å². The SMILES string of the molecule is COCC1(C)Oc2cc(C(F)(F)F)c(C(=O)N(C(C)C)C3CCCCC3)cc2N(CCN(Cc2ccccc2)C(=O)OCc2ccccc2)C1=O. The van der Waals surface area contributed by atoms with Crippen molar-refractivity contribution in [1.29, 1.82) is 0 Å². The number of amides is 3. The van der Waals surface area contributed by atoms with Crippen molar-refractivity contribution in [2.75, 3.05) is 31.7 Å². The Bertz CT molecular complexity index is 1660. The third-order valence-corrected chi connectivity index (χ3v) is 9.41. The fraction of sp³-hybridized carbons (Fsp3) is 0.462. The molecule has 0 aromatic heterocycles. The molecule has 3 amide bonds. The van der Waals surface area contributed by atoms with E-state index in [1.165, 1.54) is 23.8 Å². The molecule has 1 fully saturated rings. The van der Waals surface area contributed by atoms with Gasteiger partial charge in [-0.15, -0.1) is 0 Å². The van der Waals surface area contributed by atoms with E-state index in [1.807, 2.05) is 60.7 Å². The molecule has 2 aliphatic rings. The Kier molecular flexibility index (Phi) is 12.0. The van der Waals surface area contributed by atoms with Gasteiger partial charge < -0.3 is 28.9 Å². The maximum Gasteiger partial charge on any atom is 0.417 e. The van der Waals surface area contributed by atoms with Crippen molar-refractivity contribution in [2.24, 2.45) is 0 Å². The third-order valence-electron chi connectivity index (χ3n) is 9.41. The number of carbonyl (C=O) groups is 3. The normalized spacial score (nSPS) is 17.9. The minimum atomic E-state index is -4.89. The van der Waals surface area contributed by atoms with Crippen LogP contribution in [0.25, 0.3) is 0 Å². The van der Waals surface area contributed by atoms with E-state index in [2.05, 4.69) is 0 Å². The lowest BCUT2D eigenvalue weighted by Crippen LogP contribution is -2.58. The van der Waals surface area contributed by atoms with Crippen molar-refractivity contribution in [3.8, 4) is 5.75 Å². The van der Waals surface area contributed by atoms with E-state index in [0.29, 0.717) is 12.8 Å². The summed E-state index contributed by atoms with van der Waals surface area (Å²) in [6.45, 7) is 4.79. The molecule has 12 heteroatoms. The predicted octanol–water partition coefficient (Wildman–Crippen LogP) is 7.86. The summed E-state index contributed by atoms with van der Waals surface area (Å²) < 4.78 is 61.2. The van der Waals surface area contributed by atoms with E-state index in [1.54, 1.807) is 18.7 Å². The van der Waals surface area contributed by atoms with E-state index in [0.717, 1.165) is 42.5 Å². The summed E-state index contributed by atoms with van der Waals surface area (Å²) in [7, 11) is 1.36. The zero-order valence-corrected chi connectivity index (χ0v) is 29.6. The first-order chi connectivity index (χ1) is 24.3. The molecule has 1 aliphatic carbocycles. The molecule has 0 bridgehead atoms. The summed E-state index contributed by atoms with van der Waals surface area (Å²) in [4.78, 5) is 46.2. The Morgan fingerprint density at radius 2 is 1.61 bits per heavy atom. The van der Waals surface area contributed by atoms with Crippen molar-refractivity contribution in [1.82, 2.24) is 9.80 Å². The smallest absolute Gasteiger partial charge is 0.417 e. The van der Waals surface area contributed by atoms with E-state index in [-0.39, 0.29) is 56.4 Å². The maximum absolute atomic E-state index is 14.8. The molecule has 51 heavy (non-hydrogen) atoms. The fourth-order valence-corrected chi connectivity index (χ4v) is 6.93. The molecule has 1 unspecified atom stereocenters. The Balaban J connectivity index is 1.53. The number of nitrogens with zero attached hydrogens (tertiary/aromatic N) is 3. The number of ether oxygens (including phenoxy) is 3. The van der Waals surface area contributed by atoms with Crippen molar-refractivity contribution < 1.29 is 41.8 Å². The molecule has 1 aliphatic heterocycles. The lowest BCUT2D eigenvalue weighted by molar-refractivity contribution is -0.140. The van der Waals surface area contributed by atoms with Crippen LogP contribution in [0.4, 0.5) is 23.7 Å². The molecule has 1 atom stereocenters. The van der Waals surface area contributed by atoms with Gasteiger partial charge in [-0.25, -0.2) is 4.79 Å². The van der Waals surface area contributed by atoms with Crippen LogP contribution >= 0.6 is 0 Å². The van der Waals surface area contributed by atoms with Gasteiger partial charge in [0.1, 0.15) is 12.4 Å². The van der Waals surface area contributed by atoms with Gasteiger partial charge in [-0.05, 0) is 56.9 Å². The Morgan fingerprint density at radius 3 is 2.20 bits per heavy atom. The first kappa shape index (κ1) is 37.7. The summed E-state index contributed by atoms with van der Waals surface area (Å²) in [6.07, 6.45) is -1.32. The molecule has 0 saturated heterocycles. The van der Waals surface area contributed by atoms with E-state index < -0.39 is 40.8 Å². The van der Waals surface area contributed by atoms with E-state index in [9.17, 15) is 27.6 Å². The highest BCUT2D eigenvalue weighted by Gasteiger charge is 2.48. The number of hydrogen-bond acceptors (Lipinski definition) is 6. The summed E-state index contributed by atoms with van der Waals surface area (Å²) >= 11 is 0. The van der Waals surface area contributed by atoms with Crippen LogP contribution in [-0.2, 0) is 33.6 Å². The maximum atomic E-state index is 14.8. The van der Waals surface area contributed by atoms with Gasteiger partial charge in [0.25, 0.3) is 11.8 Å². The van der Waals surface area contributed by atoms with Crippen LogP contribution < -0.4 is 9.64 Å². The zero-order chi connectivity index (χ0) is 36.8. The molecule has 1 saturated carbocycles. The van der Waals surface area contributed by atoms with Gasteiger partial charge in [-0.1, -0.05) is 79.9 Å². The van der Waals surface area contributed by atoms with Crippen LogP contribution in [-0.4, -0.2) is 72.2 Å². The molecule has 3 aromatic rings. The van der Waals surface area contributed by atoms with Crippen LogP contribution in [0.1, 0.15) is 79.9 Å². The van der Waals surface area contributed by atoms with Gasteiger partial charge in [0, 0.05) is 38.8 Å². The average Bonchev–Trinajstić information content (AvgIpc) is 3.10. The number of benzene rings is 3. The topological polar surface area (TPSA) is 88.6 Å². The van der Waals surface area contributed by atoms with Gasteiger partial charge >= 0.3 is 12.3 Å². The molecule has 274 valence electrons. The minimum absolute atomic E-state index is 0.00888. The van der Waals surface area contributed by atoms with Crippen molar-refractivity contribution in [3.05, 3.63) is 95.1 Å². The average molecular weight is 710 g/mol. The predicted molar refractivity (Wildman–Crippen MR) is 186 cm³/mol. The first-order valence-corrected chi connectivity index (χ1v) is 17.4. The fourth-order valence-electron chi connectivity index (χ4n) is 6.93. The number of carbonyl (C=O) groups excluding carboxylic acids is 3. The van der Waals surface area contributed by atoms with Gasteiger partial charge in [-0.3, -0.25) is 9.59 Å². The van der Waals surface area contributed by atoms with Gasteiger partial charge in [0.05, 0.1) is 23.4 Å². The molecule has 0 N–H and O–H groups in total. The van der Waals surface area contributed by atoms with Crippen LogP contribution in [0, 0.1) is 0 Å². The molecule has 9 nitrogen and oxygen atoms in total. The highest BCUT2D eigenvalue weighted by molar-refractivity contribution is 6.05.